The van der Waals surface area contributed by atoms with Gasteiger partial charge in [0.25, 0.3) is 0 Å². The molecule has 0 bridgehead atoms. The van der Waals surface area contributed by atoms with Crippen LogP contribution in [0, 0.1) is 0 Å². The van der Waals surface area contributed by atoms with Crippen molar-refractivity contribution in [3.05, 3.63) is 11.2 Å². The van der Waals surface area contributed by atoms with Crippen LogP contribution in [0.3, 0.4) is 0 Å². The quantitative estimate of drug-likeness (QED) is 0.816. The molecule has 4 nitrogen and oxygen atoms in total. The summed E-state index contributed by atoms with van der Waals surface area (Å²) in [5.41, 5.74) is 0. The molecule has 0 saturated carbocycles. The zero-order chi connectivity index (χ0) is 9.97. The van der Waals surface area contributed by atoms with Crippen LogP contribution in [0.5, 0.6) is 0 Å². The van der Waals surface area contributed by atoms with Crippen molar-refractivity contribution in [1.82, 2.24) is 19.8 Å². The third kappa shape index (κ3) is 1.99. The first-order valence-electron chi connectivity index (χ1n) is 4.06. The molecule has 0 N–H and O–H groups in total. The van der Waals surface area contributed by atoms with Crippen LogP contribution in [0.4, 0.5) is 0 Å². The van der Waals surface area contributed by atoms with Crippen LogP contribution in [0.1, 0.15) is 23.2 Å². The van der Waals surface area contributed by atoms with E-state index in [1.807, 2.05) is 0 Å². The first-order chi connectivity index (χ1) is 6.81. The van der Waals surface area contributed by atoms with Crippen LogP contribution in [-0.4, -0.2) is 19.8 Å². The molecule has 0 saturated heterocycles. The first kappa shape index (κ1) is 10.1. The lowest BCUT2D eigenvalue weighted by Crippen LogP contribution is -1.84. The zero-order valence-corrected chi connectivity index (χ0v) is 10.6. The number of alkyl halides is 1. The molecule has 7 heteroatoms. The Hall–Kier alpha value is -0.400. The number of nitrogens with zero attached hydrogens (tertiary/aromatic N) is 4. The number of rotatable bonds is 3. The highest BCUT2D eigenvalue weighted by Crippen LogP contribution is 2.33. The fourth-order valence-electron chi connectivity index (χ4n) is 0.897. The first-order valence-corrected chi connectivity index (χ1v) is 6.57. The normalized spacial score (nSPS) is 13.0. The molecule has 1 atom stereocenters. The van der Waals surface area contributed by atoms with Gasteiger partial charge in [-0.1, -0.05) is 38.7 Å². The predicted octanol–water partition coefficient (Wildman–Crippen LogP) is 2.90. The monoisotopic (exact) mass is 290 g/mol. The minimum Gasteiger partial charge on any atom is -0.146 e. The van der Waals surface area contributed by atoms with E-state index in [9.17, 15) is 0 Å². The molecule has 0 fully saturated rings. The second-order valence-electron chi connectivity index (χ2n) is 2.60. The van der Waals surface area contributed by atoms with Gasteiger partial charge in [-0.25, -0.2) is 0 Å². The van der Waals surface area contributed by atoms with E-state index in [0.29, 0.717) is 4.83 Å². The van der Waals surface area contributed by atoms with Crippen molar-refractivity contribution in [1.29, 1.82) is 0 Å². The maximum absolute atomic E-state index is 4.12. The number of hydrogen-bond acceptors (Lipinski definition) is 6. The van der Waals surface area contributed by atoms with Crippen molar-refractivity contribution in [3.8, 4) is 9.88 Å². The summed E-state index contributed by atoms with van der Waals surface area (Å²) in [7, 11) is 0. The molecule has 14 heavy (non-hydrogen) atoms. The van der Waals surface area contributed by atoms with E-state index in [1.165, 1.54) is 11.5 Å². The molecule has 0 aromatic carbocycles. The largest absolute Gasteiger partial charge is 0.161 e. The van der Waals surface area contributed by atoms with Crippen LogP contribution in [0.15, 0.2) is 6.20 Å². The fraction of sp³-hybridized carbons (Fsp3) is 0.429. The molecule has 0 spiro atoms. The van der Waals surface area contributed by atoms with E-state index in [1.54, 1.807) is 17.5 Å². The van der Waals surface area contributed by atoms with Gasteiger partial charge in [-0.15, -0.1) is 15.3 Å². The SMILES string of the molecule is CCC(Br)c1nnc(-c2cnns2)s1. The highest BCUT2D eigenvalue weighted by atomic mass is 79.9. The summed E-state index contributed by atoms with van der Waals surface area (Å²) in [6.45, 7) is 2.11. The minimum absolute atomic E-state index is 0.301. The van der Waals surface area contributed by atoms with Gasteiger partial charge < -0.3 is 0 Å². The summed E-state index contributed by atoms with van der Waals surface area (Å²) >= 11 is 6.47. The maximum Gasteiger partial charge on any atom is 0.161 e. The van der Waals surface area contributed by atoms with Gasteiger partial charge in [-0.2, -0.15) is 0 Å². The molecule has 1 unspecified atom stereocenters. The summed E-state index contributed by atoms with van der Waals surface area (Å²) in [6, 6.07) is 0. The molecule has 0 radical (unpaired) electrons. The summed E-state index contributed by atoms with van der Waals surface area (Å²) in [4.78, 5) is 1.28. The smallest absolute Gasteiger partial charge is 0.146 e. The Morgan fingerprint density at radius 1 is 1.50 bits per heavy atom. The average molecular weight is 291 g/mol. The number of hydrogen-bond donors (Lipinski definition) is 0. The van der Waals surface area contributed by atoms with Crippen molar-refractivity contribution in [2.75, 3.05) is 0 Å². The number of halogens is 1. The highest BCUT2D eigenvalue weighted by Gasteiger charge is 2.13. The van der Waals surface area contributed by atoms with Crippen LogP contribution >= 0.6 is 38.8 Å². The van der Waals surface area contributed by atoms with Gasteiger partial charge in [0, 0.05) is 0 Å². The third-order valence-corrected chi connectivity index (χ3v) is 4.89. The van der Waals surface area contributed by atoms with Crippen LogP contribution < -0.4 is 0 Å². The van der Waals surface area contributed by atoms with Gasteiger partial charge in [0.1, 0.15) is 9.88 Å². The van der Waals surface area contributed by atoms with Crippen LogP contribution in [0.2, 0.25) is 0 Å². The molecule has 0 amide bonds. The van der Waals surface area contributed by atoms with E-state index >= 15 is 0 Å². The average Bonchev–Trinajstić information content (AvgIpc) is 2.86. The van der Waals surface area contributed by atoms with E-state index in [0.717, 1.165) is 21.3 Å². The Balaban J connectivity index is 2.26. The maximum atomic E-state index is 4.12. The molecule has 0 aliphatic carbocycles. The summed E-state index contributed by atoms with van der Waals surface area (Å²) in [5.74, 6) is 0. The van der Waals surface area contributed by atoms with Crippen molar-refractivity contribution in [2.24, 2.45) is 0 Å². The molecule has 0 aliphatic rings. The van der Waals surface area contributed by atoms with Crippen molar-refractivity contribution in [2.45, 2.75) is 18.2 Å². The molecular weight excluding hydrogens is 284 g/mol. The summed E-state index contributed by atoms with van der Waals surface area (Å²) < 4.78 is 3.79. The second kappa shape index (κ2) is 4.41. The third-order valence-electron chi connectivity index (χ3n) is 1.64. The van der Waals surface area contributed by atoms with E-state index < -0.39 is 0 Å². The molecule has 2 aromatic rings. The highest BCUT2D eigenvalue weighted by molar-refractivity contribution is 9.09. The zero-order valence-electron chi connectivity index (χ0n) is 7.35. The van der Waals surface area contributed by atoms with Crippen molar-refractivity contribution < 1.29 is 0 Å². The summed E-state index contributed by atoms with van der Waals surface area (Å²) in [6.07, 6.45) is 2.72. The molecule has 2 rings (SSSR count). The van der Waals surface area contributed by atoms with Crippen LogP contribution in [0.25, 0.3) is 9.88 Å². The van der Waals surface area contributed by atoms with Gasteiger partial charge in [0.05, 0.1) is 11.0 Å². The fourth-order valence-corrected chi connectivity index (χ4v) is 2.71. The van der Waals surface area contributed by atoms with Crippen molar-refractivity contribution >= 4 is 38.8 Å². The van der Waals surface area contributed by atoms with Gasteiger partial charge in [-0.3, -0.25) is 0 Å². The minimum atomic E-state index is 0.301. The topological polar surface area (TPSA) is 51.6 Å². The van der Waals surface area contributed by atoms with Crippen LogP contribution in [-0.2, 0) is 0 Å². The molecule has 2 aromatic heterocycles. The Kier molecular flexibility index (Phi) is 3.19. The Bertz CT molecular complexity index is 399. The lowest BCUT2D eigenvalue weighted by molar-refractivity contribution is 0.870. The lowest BCUT2D eigenvalue weighted by Gasteiger charge is -1.97. The van der Waals surface area contributed by atoms with Gasteiger partial charge >= 0.3 is 0 Å². The van der Waals surface area contributed by atoms with Gasteiger partial charge in [-0.05, 0) is 18.0 Å². The van der Waals surface area contributed by atoms with Gasteiger partial charge in [0.15, 0.2) is 5.01 Å². The van der Waals surface area contributed by atoms with Gasteiger partial charge in [0.2, 0.25) is 0 Å². The Morgan fingerprint density at radius 2 is 2.36 bits per heavy atom. The predicted molar refractivity (Wildman–Crippen MR) is 60.8 cm³/mol. The van der Waals surface area contributed by atoms with E-state index in [-0.39, 0.29) is 0 Å². The molecule has 74 valence electrons. The Morgan fingerprint density at radius 3 is 3.00 bits per heavy atom. The van der Waals surface area contributed by atoms with E-state index in [4.69, 9.17) is 0 Å². The molecule has 0 aliphatic heterocycles. The molecule has 2 heterocycles. The molecular formula is C7H7BrN4S2. The standard InChI is InChI=1S/C7H7BrN4S2/c1-2-4(8)6-10-11-7(13-6)5-3-9-12-14-5/h3-4H,2H2,1H3. The summed E-state index contributed by atoms with van der Waals surface area (Å²) in [5, 5.41) is 13.9. The van der Waals surface area contributed by atoms with Crippen molar-refractivity contribution in [3.63, 3.8) is 0 Å². The lowest BCUT2D eigenvalue weighted by atomic mass is 10.4. The van der Waals surface area contributed by atoms with E-state index in [2.05, 4.69) is 42.6 Å². The number of aromatic nitrogens is 4. The second-order valence-corrected chi connectivity index (χ2v) is 5.50. The Labute approximate surface area is 97.7 Å².